The largest absolute Gasteiger partial charge is 0.401 e. The molecule has 1 aromatic rings. The van der Waals surface area contributed by atoms with Gasteiger partial charge in [-0.1, -0.05) is 0 Å². The van der Waals surface area contributed by atoms with Crippen LogP contribution in [0.15, 0.2) is 17.3 Å². The van der Waals surface area contributed by atoms with Gasteiger partial charge in [0.1, 0.15) is 0 Å². The third-order valence-corrected chi connectivity index (χ3v) is 3.04. The number of hydrogen-bond acceptors (Lipinski definition) is 3. The molecular weight excluding hydrogens is 297 g/mol. The number of alkyl halides is 3. The number of aromatic nitrogens is 2. The van der Waals surface area contributed by atoms with Gasteiger partial charge in [-0.3, -0.25) is 14.6 Å². The summed E-state index contributed by atoms with van der Waals surface area (Å²) in [4.78, 5) is 5.32. The van der Waals surface area contributed by atoms with Crippen molar-refractivity contribution in [2.75, 3.05) is 33.7 Å². The fraction of sp³-hybridized carbons (Fsp3) is 0.692. The monoisotopic (exact) mass is 320 g/mol. The molecule has 0 unspecified atom stereocenters. The molecule has 126 valence electrons. The maximum absolute atomic E-state index is 12.2. The molecule has 0 atom stereocenters. The maximum atomic E-state index is 12.2. The van der Waals surface area contributed by atoms with Gasteiger partial charge in [0.15, 0.2) is 5.96 Å². The minimum atomic E-state index is -4.15. The van der Waals surface area contributed by atoms with Gasteiger partial charge >= 0.3 is 6.18 Å². The zero-order valence-electron chi connectivity index (χ0n) is 13.1. The van der Waals surface area contributed by atoms with E-state index in [0.29, 0.717) is 32.0 Å². The Labute approximate surface area is 128 Å². The van der Waals surface area contributed by atoms with Gasteiger partial charge in [-0.15, -0.1) is 0 Å². The first-order chi connectivity index (χ1) is 10.3. The molecule has 0 bridgehead atoms. The molecule has 1 rings (SSSR count). The Morgan fingerprint density at radius 1 is 1.41 bits per heavy atom. The molecule has 0 aliphatic heterocycles. The molecule has 0 spiro atoms. The molecule has 22 heavy (non-hydrogen) atoms. The number of aryl methyl sites for hydroxylation is 1. The topological polar surface area (TPSA) is 57.5 Å². The molecule has 1 heterocycles. The molecule has 0 aromatic carbocycles. The van der Waals surface area contributed by atoms with Crippen molar-refractivity contribution < 1.29 is 13.2 Å². The van der Waals surface area contributed by atoms with Gasteiger partial charge in [0, 0.05) is 26.8 Å². The van der Waals surface area contributed by atoms with E-state index in [-0.39, 0.29) is 0 Å². The fourth-order valence-corrected chi connectivity index (χ4v) is 1.91. The second-order valence-electron chi connectivity index (χ2n) is 5.01. The van der Waals surface area contributed by atoms with Crippen LogP contribution in [0.25, 0.3) is 0 Å². The van der Waals surface area contributed by atoms with E-state index in [4.69, 9.17) is 0 Å². The number of nitrogens with one attached hydrogen (secondary N) is 2. The molecule has 9 heteroatoms. The Bertz CT molecular complexity index is 469. The second kappa shape index (κ2) is 8.62. The molecular formula is C13H23F3N6. The van der Waals surface area contributed by atoms with Crippen LogP contribution in [0.5, 0.6) is 0 Å². The third kappa shape index (κ3) is 7.30. The SMILES string of the molecule is CN=C(NCCCN(C)CC(F)(F)F)NCc1ccnn1C. The highest BCUT2D eigenvalue weighted by atomic mass is 19.4. The number of halogens is 3. The van der Waals surface area contributed by atoms with E-state index in [2.05, 4.69) is 20.7 Å². The predicted octanol–water partition coefficient (Wildman–Crippen LogP) is 0.969. The first-order valence-corrected chi connectivity index (χ1v) is 6.98. The smallest absolute Gasteiger partial charge is 0.356 e. The summed E-state index contributed by atoms with van der Waals surface area (Å²) in [6.07, 6.45) is -1.84. The van der Waals surface area contributed by atoms with E-state index in [9.17, 15) is 13.2 Å². The van der Waals surface area contributed by atoms with Crippen molar-refractivity contribution in [1.29, 1.82) is 0 Å². The average molecular weight is 320 g/mol. The molecule has 0 fully saturated rings. The van der Waals surface area contributed by atoms with Crippen LogP contribution in [0.3, 0.4) is 0 Å². The summed E-state index contributed by atoms with van der Waals surface area (Å²) in [7, 11) is 4.96. The number of aliphatic imine (C=N–C) groups is 1. The van der Waals surface area contributed by atoms with Crippen LogP contribution >= 0.6 is 0 Å². The van der Waals surface area contributed by atoms with Crippen LogP contribution in [0, 0.1) is 0 Å². The number of rotatable bonds is 7. The van der Waals surface area contributed by atoms with Crippen LogP contribution in [0.4, 0.5) is 13.2 Å². The standard InChI is InChI=1S/C13H23F3N6/c1-17-12(19-9-11-5-7-20-22(11)3)18-6-4-8-21(2)10-13(14,15)16/h5,7H,4,6,8-10H2,1-3H3,(H2,17,18,19). The molecule has 0 saturated carbocycles. The highest BCUT2D eigenvalue weighted by Gasteiger charge is 2.28. The molecule has 0 radical (unpaired) electrons. The molecule has 0 aliphatic rings. The normalized spacial score (nSPS) is 12.8. The summed E-state index contributed by atoms with van der Waals surface area (Å²) in [6.45, 7) is 0.600. The number of nitrogens with zero attached hydrogens (tertiary/aromatic N) is 4. The van der Waals surface area contributed by atoms with Crippen LogP contribution in [-0.2, 0) is 13.6 Å². The first-order valence-electron chi connectivity index (χ1n) is 6.98. The van der Waals surface area contributed by atoms with Gasteiger partial charge in [-0.25, -0.2) is 0 Å². The molecule has 1 aromatic heterocycles. The van der Waals surface area contributed by atoms with Crippen molar-refractivity contribution in [3.63, 3.8) is 0 Å². The van der Waals surface area contributed by atoms with Crippen LogP contribution in [0.2, 0.25) is 0 Å². The average Bonchev–Trinajstić information content (AvgIpc) is 2.81. The van der Waals surface area contributed by atoms with Crippen LogP contribution in [0.1, 0.15) is 12.1 Å². The Hall–Kier alpha value is -1.77. The van der Waals surface area contributed by atoms with Crippen molar-refractivity contribution in [2.45, 2.75) is 19.1 Å². The predicted molar refractivity (Wildman–Crippen MR) is 79.6 cm³/mol. The Morgan fingerprint density at radius 2 is 2.14 bits per heavy atom. The summed E-state index contributed by atoms with van der Waals surface area (Å²) in [5.41, 5.74) is 1.01. The van der Waals surface area contributed by atoms with E-state index >= 15 is 0 Å². The van der Waals surface area contributed by atoms with Crippen molar-refractivity contribution in [3.05, 3.63) is 18.0 Å². The lowest BCUT2D eigenvalue weighted by Crippen LogP contribution is -2.39. The van der Waals surface area contributed by atoms with Crippen molar-refractivity contribution in [3.8, 4) is 0 Å². The fourth-order valence-electron chi connectivity index (χ4n) is 1.91. The summed E-state index contributed by atoms with van der Waals surface area (Å²) >= 11 is 0. The van der Waals surface area contributed by atoms with Gasteiger partial charge in [0.05, 0.1) is 18.8 Å². The van der Waals surface area contributed by atoms with Gasteiger partial charge < -0.3 is 10.6 Å². The van der Waals surface area contributed by atoms with E-state index in [1.165, 1.54) is 11.9 Å². The minimum absolute atomic E-state index is 0.366. The van der Waals surface area contributed by atoms with E-state index in [1.807, 2.05) is 13.1 Å². The number of hydrogen-bond donors (Lipinski definition) is 2. The maximum Gasteiger partial charge on any atom is 0.401 e. The minimum Gasteiger partial charge on any atom is -0.356 e. The summed E-state index contributed by atoms with van der Waals surface area (Å²) in [5, 5.41) is 10.3. The molecule has 0 amide bonds. The van der Waals surface area contributed by atoms with Gasteiger partial charge in [0.25, 0.3) is 0 Å². The summed E-state index contributed by atoms with van der Waals surface area (Å²) < 4.78 is 38.3. The third-order valence-electron chi connectivity index (χ3n) is 3.04. The van der Waals surface area contributed by atoms with Gasteiger partial charge in [-0.05, 0) is 26.1 Å². The Kier molecular flexibility index (Phi) is 7.16. The van der Waals surface area contributed by atoms with Crippen molar-refractivity contribution in [1.82, 2.24) is 25.3 Å². The summed E-state index contributed by atoms with van der Waals surface area (Å²) in [5.74, 6) is 0.611. The molecule has 2 N–H and O–H groups in total. The number of guanidine groups is 1. The molecule has 0 saturated heterocycles. The molecule has 0 aliphatic carbocycles. The summed E-state index contributed by atoms with van der Waals surface area (Å²) in [6, 6.07) is 1.90. The zero-order valence-corrected chi connectivity index (χ0v) is 13.1. The molecule has 6 nitrogen and oxygen atoms in total. The lowest BCUT2D eigenvalue weighted by atomic mass is 10.4. The van der Waals surface area contributed by atoms with Crippen molar-refractivity contribution in [2.24, 2.45) is 12.0 Å². The van der Waals surface area contributed by atoms with Crippen LogP contribution in [-0.4, -0.2) is 60.5 Å². The highest BCUT2D eigenvalue weighted by Crippen LogP contribution is 2.15. The lowest BCUT2D eigenvalue weighted by molar-refractivity contribution is -0.143. The van der Waals surface area contributed by atoms with E-state index in [1.54, 1.807) is 17.9 Å². The quantitative estimate of drug-likeness (QED) is 0.446. The van der Waals surface area contributed by atoms with Gasteiger partial charge in [-0.2, -0.15) is 18.3 Å². The lowest BCUT2D eigenvalue weighted by Gasteiger charge is -2.19. The highest BCUT2D eigenvalue weighted by molar-refractivity contribution is 5.79. The van der Waals surface area contributed by atoms with Crippen molar-refractivity contribution >= 4 is 5.96 Å². The van der Waals surface area contributed by atoms with E-state index < -0.39 is 12.7 Å². The second-order valence-corrected chi connectivity index (χ2v) is 5.01. The van der Waals surface area contributed by atoms with Gasteiger partial charge in [0.2, 0.25) is 0 Å². The Balaban J connectivity index is 2.21. The first kappa shape index (κ1) is 18.3. The van der Waals surface area contributed by atoms with Crippen LogP contribution < -0.4 is 10.6 Å². The zero-order chi connectivity index (χ0) is 16.6. The Morgan fingerprint density at radius 3 is 2.68 bits per heavy atom. The van der Waals surface area contributed by atoms with E-state index in [0.717, 1.165) is 5.69 Å².